The highest BCUT2D eigenvalue weighted by atomic mass is 32.2. The van der Waals surface area contributed by atoms with Gasteiger partial charge in [0.05, 0.1) is 11.4 Å². The molecule has 0 bridgehead atoms. The number of sulfonamides is 1. The lowest BCUT2D eigenvalue weighted by molar-refractivity contribution is -0.913. The van der Waals surface area contributed by atoms with Gasteiger partial charge in [0.2, 0.25) is 10.0 Å². The molecule has 0 saturated carbocycles. The minimum atomic E-state index is -3.57. The van der Waals surface area contributed by atoms with E-state index in [0.717, 1.165) is 28.6 Å². The van der Waals surface area contributed by atoms with Crippen molar-refractivity contribution in [3.63, 3.8) is 0 Å². The van der Waals surface area contributed by atoms with Crippen LogP contribution in [0.3, 0.4) is 0 Å². The first-order valence-corrected chi connectivity index (χ1v) is 9.62. The fourth-order valence-electron chi connectivity index (χ4n) is 2.99. The van der Waals surface area contributed by atoms with Gasteiger partial charge < -0.3 is 16.0 Å². The summed E-state index contributed by atoms with van der Waals surface area (Å²) >= 11 is 0. The molecule has 2 rings (SSSR count). The van der Waals surface area contributed by atoms with Crippen LogP contribution in [0, 0.1) is 0 Å². The molecule has 4 N–H and O–H groups in total. The highest BCUT2D eigenvalue weighted by Gasteiger charge is 2.32. The average Bonchev–Trinajstić information content (AvgIpc) is 2.55. The van der Waals surface area contributed by atoms with Crippen molar-refractivity contribution in [1.29, 1.82) is 0 Å². The van der Waals surface area contributed by atoms with Gasteiger partial charge in [-0.2, -0.15) is 0 Å². The predicted molar refractivity (Wildman–Crippen MR) is 93.5 cm³/mol. The van der Waals surface area contributed by atoms with E-state index in [4.69, 9.17) is 5.73 Å². The molecule has 9 heteroatoms. The van der Waals surface area contributed by atoms with E-state index in [0.29, 0.717) is 12.1 Å². The summed E-state index contributed by atoms with van der Waals surface area (Å²) in [5.41, 5.74) is 5.82. The van der Waals surface area contributed by atoms with Crippen LogP contribution in [0.1, 0.15) is 19.3 Å². The maximum Gasteiger partial charge on any atom is 0.279 e. The number of nitrogens with two attached hydrogens (primary N) is 1. The average molecular weight is 369 g/mol. The fraction of sp³-hybridized carbons (Fsp3) is 0.500. The summed E-state index contributed by atoms with van der Waals surface area (Å²) in [6.45, 7) is 0.842. The Hall–Kier alpha value is -1.97. The Labute approximate surface area is 148 Å². The molecule has 1 aromatic carbocycles. The molecule has 1 saturated heterocycles. The third kappa shape index (κ3) is 4.77. The van der Waals surface area contributed by atoms with Crippen molar-refractivity contribution in [3.8, 4) is 0 Å². The number of piperidine rings is 1. The number of hydrogen-bond donors (Lipinski definition) is 3. The number of nitrogens with zero attached hydrogens (tertiary/aromatic N) is 1. The quantitative estimate of drug-likeness (QED) is 0.584. The lowest BCUT2D eigenvalue weighted by Gasteiger charge is -2.29. The number of anilines is 1. The first kappa shape index (κ1) is 19.4. The van der Waals surface area contributed by atoms with E-state index in [-0.39, 0.29) is 29.3 Å². The molecule has 1 aromatic rings. The molecule has 1 fully saturated rings. The smallest absolute Gasteiger partial charge is 0.279 e. The molecule has 1 unspecified atom stereocenters. The normalized spacial score (nSPS) is 21.1. The molecule has 1 heterocycles. The standard InChI is InChI=1S/C16H24N4O4S/c1-19(2)25(23,24)13-7-5-6-12(10-13)18-15(21)11-20-9-4-3-8-14(20)16(17)22/h5-7,10,14H,3-4,8-9,11H2,1-2H3,(H2,17,22)(H,18,21)/p+1/t14-/m0/s1. The van der Waals surface area contributed by atoms with Gasteiger partial charge in [0, 0.05) is 26.2 Å². The summed E-state index contributed by atoms with van der Waals surface area (Å²) in [6.07, 6.45) is 2.57. The molecule has 8 nitrogen and oxygen atoms in total. The molecule has 0 spiro atoms. The molecule has 25 heavy (non-hydrogen) atoms. The lowest BCUT2D eigenvalue weighted by Crippen LogP contribution is -3.18. The van der Waals surface area contributed by atoms with Gasteiger partial charge in [-0.3, -0.25) is 9.59 Å². The van der Waals surface area contributed by atoms with Crippen LogP contribution in [0.2, 0.25) is 0 Å². The Morgan fingerprint density at radius 2 is 2.04 bits per heavy atom. The Balaban J connectivity index is 2.07. The van der Waals surface area contributed by atoms with E-state index < -0.39 is 10.0 Å². The third-order valence-corrected chi connectivity index (χ3v) is 6.17. The Bertz CT molecular complexity index is 748. The Morgan fingerprint density at radius 3 is 2.68 bits per heavy atom. The first-order valence-electron chi connectivity index (χ1n) is 8.18. The van der Waals surface area contributed by atoms with Crippen LogP contribution >= 0.6 is 0 Å². The number of carbonyl (C=O) groups is 2. The van der Waals surface area contributed by atoms with E-state index >= 15 is 0 Å². The number of benzene rings is 1. The molecule has 1 aliphatic heterocycles. The molecule has 2 amide bonds. The molecule has 0 aliphatic carbocycles. The van der Waals surface area contributed by atoms with Crippen LogP contribution < -0.4 is 16.0 Å². The minimum absolute atomic E-state index is 0.107. The van der Waals surface area contributed by atoms with Crippen LogP contribution in [0.25, 0.3) is 0 Å². The third-order valence-electron chi connectivity index (χ3n) is 4.36. The number of quaternary nitrogens is 1. The van der Waals surface area contributed by atoms with E-state index in [2.05, 4.69) is 5.32 Å². The number of likely N-dealkylation sites (tertiary alicyclic amines) is 1. The molecule has 1 aliphatic rings. The van der Waals surface area contributed by atoms with Gasteiger partial charge in [0.25, 0.3) is 11.8 Å². The van der Waals surface area contributed by atoms with Crippen molar-refractivity contribution in [2.75, 3.05) is 32.5 Å². The number of rotatable bonds is 6. The van der Waals surface area contributed by atoms with Crippen molar-refractivity contribution in [2.45, 2.75) is 30.2 Å². The Morgan fingerprint density at radius 1 is 1.32 bits per heavy atom. The number of nitrogens with one attached hydrogen (secondary N) is 2. The predicted octanol–water partition coefficient (Wildman–Crippen LogP) is -1.20. The van der Waals surface area contributed by atoms with Gasteiger partial charge in [0.1, 0.15) is 0 Å². The van der Waals surface area contributed by atoms with Crippen molar-refractivity contribution in [1.82, 2.24) is 4.31 Å². The van der Waals surface area contributed by atoms with Gasteiger partial charge in [-0.05, 0) is 31.0 Å². The zero-order valence-corrected chi connectivity index (χ0v) is 15.3. The highest BCUT2D eigenvalue weighted by Crippen LogP contribution is 2.17. The molecule has 138 valence electrons. The Kier molecular flexibility index (Phi) is 6.15. The number of hydrogen-bond acceptors (Lipinski definition) is 4. The number of carbonyl (C=O) groups excluding carboxylic acids is 2. The summed E-state index contributed by atoms with van der Waals surface area (Å²) in [5, 5.41) is 2.71. The van der Waals surface area contributed by atoms with Gasteiger partial charge in [-0.15, -0.1) is 0 Å². The molecule has 0 aromatic heterocycles. The zero-order valence-electron chi connectivity index (χ0n) is 14.5. The van der Waals surface area contributed by atoms with Crippen molar-refractivity contribution < 1.29 is 22.9 Å². The summed E-state index contributed by atoms with van der Waals surface area (Å²) in [5.74, 6) is -0.663. The molecular weight excluding hydrogens is 344 g/mol. The minimum Gasteiger partial charge on any atom is -0.365 e. The van der Waals surface area contributed by atoms with Gasteiger partial charge in [-0.1, -0.05) is 6.07 Å². The van der Waals surface area contributed by atoms with Crippen LogP contribution in [0.15, 0.2) is 29.2 Å². The monoisotopic (exact) mass is 369 g/mol. The van der Waals surface area contributed by atoms with Gasteiger partial charge in [-0.25, -0.2) is 12.7 Å². The van der Waals surface area contributed by atoms with E-state index in [1.54, 1.807) is 12.1 Å². The zero-order chi connectivity index (χ0) is 18.6. The maximum atomic E-state index is 12.3. The number of amides is 2. The van der Waals surface area contributed by atoms with E-state index in [1.165, 1.54) is 26.2 Å². The summed E-state index contributed by atoms with van der Waals surface area (Å²) < 4.78 is 25.4. The molecule has 0 radical (unpaired) electrons. The summed E-state index contributed by atoms with van der Waals surface area (Å²) in [7, 11) is -0.669. The topological polar surface area (TPSA) is 114 Å². The lowest BCUT2D eigenvalue weighted by atomic mass is 10.0. The van der Waals surface area contributed by atoms with Crippen LogP contribution in [-0.4, -0.2) is 57.8 Å². The SMILES string of the molecule is CN(C)S(=O)(=O)c1cccc(NC(=O)C[NH+]2CCCC[C@H]2C(N)=O)c1. The highest BCUT2D eigenvalue weighted by molar-refractivity contribution is 7.89. The second kappa shape index (κ2) is 7.94. The molecular formula is C16H25N4O4S+. The van der Waals surface area contributed by atoms with Crippen molar-refractivity contribution in [2.24, 2.45) is 5.73 Å². The second-order valence-corrected chi connectivity index (χ2v) is 8.55. The summed E-state index contributed by atoms with van der Waals surface area (Å²) in [4.78, 5) is 24.8. The van der Waals surface area contributed by atoms with Gasteiger partial charge in [0.15, 0.2) is 12.6 Å². The van der Waals surface area contributed by atoms with Crippen LogP contribution in [-0.2, 0) is 19.6 Å². The largest absolute Gasteiger partial charge is 0.365 e. The van der Waals surface area contributed by atoms with Gasteiger partial charge >= 0.3 is 0 Å². The van der Waals surface area contributed by atoms with Crippen LogP contribution in [0.5, 0.6) is 0 Å². The van der Waals surface area contributed by atoms with Crippen molar-refractivity contribution in [3.05, 3.63) is 24.3 Å². The second-order valence-electron chi connectivity index (χ2n) is 6.40. The fourth-order valence-corrected chi connectivity index (χ4v) is 3.94. The van der Waals surface area contributed by atoms with Crippen molar-refractivity contribution >= 4 is 27.5 Å². The van der Waals surface area contributed by atoms with Crippen LogP contribution in [0.4, 0.5) is 5.69 Å². The summed E-state index contributed by atoms with van der Waals surface area (Å²) in [6, 6.07) is 5.75. The number of primary amides is 1. The van der Waals surface area contributed by atoms with E-state index in [9.17, 15) is 18.0 Å². The van der Waals surface area contributed by atoms with E-state index in [1.807, 2.05) is 0 Å². The molecule has 2 atom stereocenters. The maximum absolute atomic E-state index is 12.3. The first-order chi connectivity index (χ1) is 11.7.